The Hall–Kier alpha value is -3.36. The number of alkyl halides is 4. The molecule has 202 valence electrons. The summed E-state index contributed by atoms with van der Waals surface area (Å²) in [6.45, 7) is 4.80. The molecule has 0 bridgehead atoms. The topological polar surface area (TPSA) is 43.7 Å². The van der Waals surface area contributed by atoms with Gasteiger partial charge in [-0.3, -0.25) is 0 Å². The Morgan fingerprint density at radius 1 is 1.21 bits per heavy atom. The third-order valence-electron chi connectivity index (χ3n) is 6.27. The number of benzene rings is 1. The summed E-state index contributed by atoms with van der Waals surface area (Å²) in [7, 11) is 3.53. The van der Waals surface area contributed by atoms with Crippen LogP contribution in [0.25, 0.3) is 11.2 Å². The monoisotopic (exact) mass is 549 g/mol. The molecule has 5 nitrogen and oxygen atoms in total. The number of anilines is 2. The fourth-order valence-corrected chi connectivity index (χ4v) is 4.98. The first-order chi connectivity index (χ1) is 18.1. The van der Waals surface area contributed by atoms with E-state index in [4.69, 9.17) is 0 Å². The molecule has 1 aliphatic heterocycles. The molecule has 3 aromatic rings. The average molecular weight is 550 g/mol. The highest BCUT2D eigenvalue weighted by atomic mass is 32.2. The fraction of sp³-hybridized carbons (Fsp3) is 0.333. The molecule has 4 rings (SSSR count). The number of fused-ring (bicyclic) bond motifs is 1. The molecule has 0 amide bonds. The van der Waals surface area contributed by atoms with Crippen molar-refractivity contribution in [1.82, 2.24) is 14.6 Å². The highest BCUT2D eigenvalue weighted by Gasteiger charge is 2.33. The lowest BCUT2D eigenvalue weighted by atomic mass is 10.0. The summed E-state index contributed by atoms with van der Waals surface area (Å²) < 4.78 is 70.7. The van der Waals surface area contributed by atoms with Gasteiger partial charge in [0.15, 0.2) is 0 Å². The first-order valence-corrected chi connectivity index (χ1v) is 12.8. The molecule has 11 heteroatoms. The van der Waals surface area contributed by atoms with Crippen LogP contribution >= 0.6 is 11.8 Å². The van der Waals surface area contributed by atoms with Crippen LogP contribution in [0.1, 0.15) is 17.5 Å². The van der Waals surface area contributed by atoms with Crippen LogP contribution in [0.5, 0.6) is 0 Å². The van der Waals surface area contributed by atoms with Gasteiger partial charge < -0.3 is 25.3 Å². The molecule has 38 heavy (non-hydrogen) atoms. The van der Waals surface area contributed by atoms with Crippen molar-refractivity contribution in [2.75, 3.05) is 44.4 Å². The lowest BCUT2D eigenvalue weighted by Gasteiger charge is -2.33. The van der Waals surface area contributed by atoms with E-state index in [2.05, 4.69) is 34.4 Å². The molecule has 0 saturated carbocycles. The first kappa shape index (κ1) is 27.7. The summed E-state index contributed by atoms with van der Waals surface area (Å²) in [4.78, 5) is 1.90. The number of piperidine rings is 1. The van der Waals surface area contributed by atoms with Gasteiger partial charge in [0.1, 0.15) is 17.0 Å². The highest BCUT2D eigenvalue weighted by Crippen LogP contribution is 2.40. The number of hydrogen-bond acceptors (Lipinski definition) is 5. The van der Waals surface area contributed by atoms with Gasteiger partial charge in [0.05, 0.1) is 35.0 Å². The van der Waals surface area contributed by atoms with E-state index >= 15 is 0 Å². The number of aromatic nitrogens is 1. The van der Waals surface area contributed by atoms with Crippen molar-refractivity contribution in [3.8, 4) is 11.8 Å². The molecule has 3 heterocycles. The number of hydrogen-bond donors (Lipinski definition) is 3. The van der Waals surface area contributed by atoms with Gasteiger partial charge in [0.2, 0.25) is 0 Å². The van der Waals surface area contributed by atoms with Crippen LogP contribution in [0.15, 0.2) is 54.2 Å². The Morgan fingerprint density at radius 3 is 2.68 bits per heavy atom. The normalized spacial score (nSPS) is 18.1. The van der Waals surface area contributed by atoms with Gasteiger partial charge in [-0.05, 0) is 43.8 Å². The van der Waals surface area contributed by atoms with Gasteiger partial charge in [0.25, 0.3) is 0 Å². The van der Waals surface area contributed by atoms with E-state index in [1.54, 1.807) is 37.4 Å². The van der Waals surface area contributed by atoms with E-state index in [9.17, 15) is 22.0 Å². The van der Waals surface area contributed by atoms with Crippen molar-refractivity contribution in [2.45, 2.75) is 29.2 Å². The second-order valence-corrected chi connectivity index (χ2v) is 10.0. The maximum absolute atomic E-state index is 14.6. The zero-order chi connectivity index (χ0) is 27.4. The zero-order valence-electron chi connectivity index (χ0n) is 20.9. The number of rotatable bonds is 7. The van der Waals surface area contributed by atoms with Crippen LogP contribution < -0.4 is 16.0 Å². The largest absolute Gasteiger partial charge is 0.447 e. The number of likely N-dealkylation sites (tertiary alicyclic amines) is 1. The highest BCUT2D eigenvalue weighted by molar-refractivity contribution is 8.00. The Balaban J connectivity index is 1.58. The van der Waals surface area contributed by atoms with Gasteiger partial charge in [-0.2, -0.15) is 13.2 Å². The maximum Gasteiger partial charge on any atom is 0.447 e. The molecule has 1 aliphatic rings. The molecule has 3 N–H and O–H groups in total. The molecule has 2 aromatic heterocycles. The summed E-state index contributed by atoms with van der Waals surface area (Å²) in [6.07, 6.45) is 0.988. The number of pyridine rings is 1. The minimum Gasteiger partial charge on any atom is -0.388 e. The van der Waals surface area contributed by atoms with Crippen LogP contribution in [0.3, 0.4) is 0 Å². The van der Waals surface area contributed by atoms with Gasteiger partial charge >= 0.3 is 5.51 Å². The van der Waals surface area contributed by atoms with Crippen molar-refractivity contribution in [3.05, 3.63) is 66.1 Å². The number of nitrogens with one attached hydrogen (secondary N) is 3. The molecule has 0 aliphatic carbocycles. The quantitative estimate of drug-likeness (QED) is 0.198. The molecule has 1 saturated heterocycles. The number of nitrogens with zero attached hydrogens (tertiary/aromatic N) is 2. The predicted molar refractivity (Wildman–Crippen MR) is 144 cm³/mol. The van der Waals surface area contributed by atoms with E-state index in [0.717, 1.165) is 0 Å². The van der Waals surface area contributed by atoms with Gasteiger partial charge in [-0.1, -0.05) is 24.5 Å². The number of halogens is 5. The second-order valence-electron chi connectivity index (χ2n) is 8.98. The van der Waals surface area contributed by atoms with Gasteiger partial charge in [0, 0.05) is 49.4 Å². The van der Waals surface area contributed by atoms with E-state index < -0.39 is 23.5 Å². The fourth-order valence-electron chi connectivity index (χ4n) is 4.29. The predicted octanol–water partition coefficient (Wildman–Crippen LogP) is 5.80. The van der Waals surface area contributed by atoms with Crippen molar-refractivity contribution in [3.63, 3.8) is 0 Å². The Labute approximate surface area is 222 Å². The molecule has 1 fully saturated rings. The minimum atomic E-state index is -4.54. The maximum atomic E-state index is 14.6. The SMILES string of the molecule is C=C(NC)c1ccc(NCC#Cc2cc3c(NC4CCN(C)CC4F)cccn3c2SC(F)(F)F)c(F)c1. The van der Waals surface area contributed by atoms with E-state index in [1.807, 2.05) is 11.9 Å². The third kappa shape index (κ3) is 6.55. The van der Waals surface area contributed by atoms with E-state index in [0.29, 0.717) is 35.4 Å². The lowest BCUT2D eigenvalue weighted by Crippen LogP contribution is -2.46. The van der Waals surface area contributed by atoms with Crippen molar-refractivity contribution in [2.24, 2.45) is 0 Å². The number of thioether (sulfide) groups is 1. The Morgan fingerprint density at radius 2 is 2.00 bits per heavy atom. The van der Waals surface area contributed by atoms with Crippen molar-refractivity contribution in [1.29, 1.82) is 0 Å². The molecular weight excluding hydrogens is 521 g/mol. The first-order valence-electron chi connectivity index (χ1n) is 11.9. The van der Waals surface area contributed by atoms with E-state index in [-0.39, 0.29) is 41.1 Å². The smallest absolute Gasteiger partial charge is 0.388 e. The molecule has 0 radical (unpaired) electrons. The third-order valence-corrected chi connectivity index (χ3v) is 7.11. The zero-order valence-corrected chi connectivity index (χ0v) is 21.7. The summed E-state index contributed by atoms with van der Waals surface area (Å²) in [5.41, 5.74) is -1.99. The molecule has 2 unspecified atom stereocenters. The van der Waals surface area contributed by atoms with Gasteiger partial charge in [-0.25, -0.2) is 8.78 Å². The summed E-state index contributed by atoms with van der Waals surface area (Å²) in [6, 6.07) is 9.01. The van der Waals surface area contributed by atoms with Crippen LogP contribution in [-0.2, 0) is 0 Å². The molecule has 1 aromatic carbocycles. The average Bonchev–Trinajstić information content (AvgIpc) is 3.20. The van der Waals surface area contributed by atoms with Crippen LogP contribution in [-0.4, -0.2) is 60.8 Å². The Bertz CT molecular complexity index is 1370. The lowest BCUT2D eigenvalue weighted by molar-refractivity contribution is -0.0329. The summed E-state index contributed by atoms with van der Waals surface area (Å²) >= 11 is -0.260. The molecular formula is C27H28F5N5S. The van der Waals surface area contributed by atoms with Crippen molar-refractivity contribution >= 4 is 34.4 Å². The summed E-state index contributed by atoms with van der Waals surface area (Å²) in [5, 5.41) is 8.79. The summed E-state index contributed by atoms with van der Waals surface area (Å²) in [5.74, 6) is 5.08. The van der Waals surface area contributed by atoms with Crippen LogP contribution in [0.4, 0.5) is 33.3 Å². The minimum absolute atomic E-state index is 0.00971. The van der Waals surface area contributed by atoms with Crippen molar-refractivity contribution < 1.29 is 22.0 Å². The standard InChI is InChI=1S/C27H28F5N5S/c1-17(33-2)18-8-9-22(20(28)14-18)34-11-4-6-19-15-25-24(35-23-10-13-36(3)16-21(23)29)7-5-12-37(25)26(19)38-27(30,31)32/h5,7-9,12,14-15,21,23,33-35H,1,10-11,13,16H2,2-3H3. The molecule has 2 atom stereocenters. The Kier molecular flexibility index (Phi) is 8.43. The van der Waals surface area contributed by atoms with Gasteiger partial charge in [-0.15, -0.1) is 0 Å². The van der Waals surface area contributed by atoms with Crippen LogP contribution in [0.2, 0.25) is 0 Å². The van der Waals surface area contributed by atoms with E-state index in [1.165, 1.54) is 16.7 Å². The second kappa shape index (κ2) is 11.6. The van der Waals surface area contributed by atoms with Crippen LogP contribution in [0, 0.1) is 17.7 Å². The molecule has 0 spiro atoms.